The second kappa shape index (κ2) is 3.30. The number of rotatable bonds is 1. The molecule has 1 aromatic heterocycles. The van der Waals surface area contributed by atoms with E-state index < -0.39 is 5.60 Å². The van der Waals surface area contributed by atoms with Crippen LogP contribution >= 0.6 is 0 Å². The number of aromatic nitrogens is 1. The molecule has 0 spiro atoms. The van der Waals surface area contributed by atoms with Crippen LogP contribution in [0, 0.1) is 0 Å². The molecule has 0 fully saturated rings. The van der Waals surface area contributed by atoms with Crippen molar-refractivity contribution in [3.05, 3.63) is 53.9 Å². The SMILES string of the molecule is O=C1C=C2C=CCC[C@]2(c2ccccn2)O1. The predicted octanol–water partition coefficient (Wildman–Crippen LogP) is 2.11. The third kappa shape index (κ3) is 1.21. The molecular formula is C13H11NO2. The van der Waals surface area contributed by atoms with E-state index in [-0.39, 0.29) is 5.97 Å². The average molecular weight is 213 g/mol. The third-order valence-corrected chi connectivity index (χ3v) is 3.05. The van der Waals surface area contributed by atoms with Gasteiger partial charge < -0.3 is 4.74 Å². The van der Waals surface area contributed by atoms with E-state index in [4.69, 9.17) is 4.74 Å². The number of pyridine rings is 1. The van der Waals surface area contributed by atoms with Crippen LogP contribution in [0.25, 0.3) is 0 Å². The summed E-state index contributed by atoms with van der Waals surface area (Å²) in [6.45, 7) is 0. The van der Waals surface area contributed by atoms with Crippen LogP contribution in [0.3, 0.4) is 0 Å². The van der Waals surface area contributed by atoms with E-state index in [2.05, 4.69) is 11.1 Å². The first-order chi connectivity index (χ1) is 7.81. The zero-order valence-electron chi connectivity index (χ0n) is 8.72. The molecule has 0 saturated heterocycles. The monoisotopic (exact) mass is 213 g/mol. The summed E-state index contributed by atoms with van der Waals surface area (Å²) in [4.78, 5) is 15.7. The molecular weight excluding hydrogens is 202 g/mol. The zero-order chi connectivity index (χ0) is 11.0. The van der Waals surface area contributed by atoms with Gasteiger partial charge in [-0.1, -0.05) is 18.2 Å². The molecule has 3 rings (SSSR count). The van der Waals surface area contributed by atoms with Crippen molar-refractivity contribution in [3.63, 3.8) is 0 Å². The summed E-state index contributed by atoms with van der Waals surface area (Å²) in [5.74, 6) is -0.271. The van der Waals surface area contributed by atoms with Gasteiger partial charge in [0.25, 0.3) is 0 Å². The number of carbonyl (C=O) groups excluding carboxylic acids is 1. The summed E-state index contributed by atoms with van der Waals surface area (Å²) in [6, 6.07) is 5.68. The second-order valence-electron chi connectivity index (χ2n) is 4.00. The molecule has 0 bridgehead atoms. The summed E-state index contributed by atoms with van der Waals surface area (Å²) in [7, 11) is 0. The van der Waals surface area contributed by atoms with Crippen LogP contribution in [0.4, 0.5) is 0 Å². The van der Waals surface area contributed by atoms with Crippen LogP contribution < -0.4 is 0 Å². The summed E-state index contributed by atoms with van der Waals surface area (Å²) < 4.78 is 5.49. The van der Waals surface area contributed by atoms with Crippen LogP contribution in [0.5, 0.6) is 0 Å². The maximum atomic E-state index is 11.4. The van der Waals surface area contributed by atoms with Gasteiger partial charge in [-0.2, -0.15) is 0 Å². The molecule has 2 aliphatic rings. The van der Waals surface area contributed by atoms with Gasteiger partial charge in [0.15, 0.2) is 5.60 Å². The molecule has 1 aliphatic carbocycles. The number of esters is 1. The largest absolute Gasteiger partial charge is 0.444 e. The van der Waals surface area contributed by atoms with Crippen molar-refractivity contribution in [1.82, 2.24) is 4.98 Å². The maximum absolute atomic E-state index is 11.4. The van der Waals surface area contributed by atoms with Gasteiger partial charge in [0.1, 0.15) is 0 Å². The summed E-state index contributed by atoms with van der Waals surface area (Å²) in [5.41, 5.74) is 1.10. The van der Waals surface area contributed by atoms with Crippen LogP contribution in [-0.2, 0) is 15.1 Å². The molecule has 3 heteroatoms. The highest BCUT2D eigenvalue weighted by atomic mass is 16.6. The van der Waals surface area contributed by atoms with E-state index in [9.17, 15) is 4.79 Å². The predicted molar refractivity (Wildman–Crippen MR) is 58.5 cm³/mol. The van der Waals surface area contributed by atoms with Crippen molar-refractivity contribution in [2.75, 3.05) is 0 Å². The first-order valence-electron chi connectivity index (χ1n) is 5.34. The van der Waals surface area contributed by atoms with Crippen molar-refractivity contribution < 1.29 is 9.53 Å². The van der Waals surface area contributed by atoms with E-state index in [0.29, 0.717) is 0 Å². The van der Waals surface area contributed by atoms with Crippen LogP contribution in [0.1, 0.15) is 18.5 Å². The highest BCUT2D eigenvalue weighted by molar-refractivity contribution is 5.88. The highest BCUT2D eigenvalue weighted by Crippen LogP contribution is 2.44. The van der Waals surface area contributed by atoms with Crippen molar-refractivity contribution >= 4 is 5.97 Å². The molecule has 0 N–H and O–H groups in total. The summed E-state index contributed by atoms with van der Waals surface area (Å²) in [5, 5.41) is 0. The smallest absolute Gasteiger partial charge is 0.332 e. The first kappa shape index (κ1) is 9.33. The average Bonchev–Trinajstić information content (AvgIpc) is 2.67. The lowest BCUT2D eigenvalue weighted by Crippen LogP contribution is -2.31. The Balaban J connectivity index is 2.14. The minimum atomic E-state index is -0.632. The number of hydrogen-bond donors (Lipinski definition) is 0. The molecule has 1 aromatic rings. The molecule has 0 unspecified atom stereocenters. The number of nitrogens with zero attached hydrogens (tertiary/aromatic N) is 1. The lowest BCUT2D eigenvalue weighted by Gasteiger charge is -2.31. The second-order valence-corrected chi connectivity index (χ2v) is 4.00. The molecule has 0 radical (unpaired) electrons. The van der Waals surface area contributed by atoms with Gasteiger partial charge in [-0.15, -0.1) is 0 Å². The van der Waals surface area contributed by atoms with Gasteiger partial charge in [-0.25, -0.2) is 4.79 Å². The third-order valence-electron chi connectivity index (χ3n) is 3.05. The topological polar surface area (TPSA) is 39.2 Å². The van der Waals surface area contributed by atoms with Gasteiger partial charge in [-0.3, -0.25) is 4.98 Å². The van der Waals surface area contributed by atoms with Gasteiger partial charge in [0.05, 0.1) is 5.69 Å². The fraction of sp³-hybridized carbons (Fsp3) is 0.231. The Morgan fingerprint density at radius 1 is 1.38 bits per heavy atom. The molecule has 0 amide bonds. The van der Waals surface area contributed by atoms with Gasteiger partial charge in [-0.05, 0) is 18.6 Å². The maximum Gasteiger partial charge on any atom is 0.332 e. The fourth-order valence-corrected chi connectivity index (χ4v) is 2.31. The lowest BCUT2D eigenvalue weighted by atomic mass is 9.82. The molecule has 2 heterocycles. The van der Waals surface area contributed by atoms with Crippen LogP contribution in [0.15, 0.2) is 48.2 Å². The molecule has 3 nitrogen and oxygen atoms in total. The van der Waals surface area contributed by atoms with E-state index >= 15 is 0 Å². The number of allylic oxidation sites excluding steroid dienone is 1. The van der Waals surface area contributed by atoms with E-state index in [1.54, 1.807) is 12.3 Å². The van der Waals surface area contributed by atoms with Crippen LogP contribution in [0.2, 0.25) is 0 Å². The normalized spacial score (nSPS) is 27.2. The van der Waals surface area contributed by atoms with Crippen LogP contribution in [-0.4, -0.2) is 11.0 Å². The number of carbonyl (C=O) groups is 1. The molecule has 0 saturated carbocycles. The van der Waals surface area contributed by atoms with Crippen molar-refractivity contribution in [3.8, 4) is 0 Å². The Morgan fingerprint density at radius 3 is 3.12 bits per heavy atom. The van der Waals surface area contributed by atoms with E-state index in [1.807, 2.05) is 24.3 Å². The van der Waals surface area contributed by atoms with Crippen molar-refractivity contribution in [1.29, 1.82) is 0 Å². The quantitative estimate of drug-likeness (QED) is 0.671. The number of hydrogen-bond acceptors (Lipinski definition) is 3. The molecule has 0 aromatic carbocycles. The minimum absolute atomic E-state index is 0.271. The summed E-state index contributed by atoms with van der Waals surface area (Å²) in [6.07, 6.45) is 8.99. The Labute approximate surface area is 93.5 Å². The van der Waals surface area contributed by atoms with E-state index in [0.717, 1.165) is 24.1 Å². The van der Waals surface area contributed by atoms with Crippen molar-refractivity contribution in [2.45, 2.75) is 18.4 Å². The minimum Gasteiger partial charge on any atom is -0.444 e. The molecule has 16 heavy (non-hydrogen) atoms. The Hall–Kier alpha value is -1.90. The Bertz CT molecular complexity index is 490. The first-order valence-corrected chi connectivity index (χ1v) is 5.34. The van der Waals surface area contributed by atoms with Gasteiger partial charge in [0, 0.05) is 24.3 Å². The van der Waals surface area contributed by atoms with E-state index in [1.165, 1.54) is 0 Å². The zero-order valence-corrected chi connectivity index (χ0v) is 8.72. The number of fused-ring (bicyclic) bond motifs is 1. The standard InChI is InChI=1S/C13H11NO2/c15-12-9-10-5-1-3-7-13(10,16-12)11-6-2-4-8-14-11/h1-2,4-6,8-9H,3,7H2/t13-/m0/s1. The molecule has 1 atom stereocenters. The molecule has 1 aliphatic heterocycles. The van der Waals surface area contributed by atoms with Gasteiger partial charge >= 0.3 is 5.97 Å². The Kier molecular flexibility index (Phi) is 1.93. The lowest BCUT2D eigenvalue weighted by molar-refractivity contribution is -0.147. The highest BCUT2D eigenvalue weighted by Gasteiger charge is 2.45. The fourth-order valence-electron chi connectivity index (χ4n) is 2.31. The van der Waals surface area contributed by atoms with Gasteiger partial charge in [0.2, 0.25) is 0 Å². The number of ether oxygens (including phenoxy) is 1. The van der Waals surface area contributed by atoms with Crippen molar-refractivity contribution in [2.24, 2.45) is 0 Å². The molecule has 80 valence electrons. The Morgan fingerprint density at radius 2 is 2.31 bits per heavy atom. The summed E-state index contributed by atoms with van der Waals surface area (Å²) >= 11 is 0.